The van der Waals surface area contributed by atoms with Gasteiger partial charge >= 0.3 is 0 Å². The maximum atomic E-state index is 11.7. The molecule has 0 bridgehead atoms. The number of rotatable bonds is 7. The summed E-state index contributed by atoms with van der Waals surface area (Å²) in [6.45, 7) is 1.55. The van der Waals surface area contributed by atoms with E-state index in [1.807, 2.05) is 6.92 Å². The Kier molecular flexibility index (Phi) is 5.78. The summed E-state index contributed by atoms with van der Waals surface area (Å²) >= 11 is 5.66. The zero-order valence-corrected chi connectivity index (χ0v) is 11.6. The quantitative estimate of drug-likeness (QED) is 0.725. The molecule has 0 unspecified atom stereocenters. The molecule has 0 aliphatic rings. The van der Waals surface area contributed by atoms with Crippen LogP contribution in [0.5, 0.6) is 0 Å². The first-order valence-corrected chi connectivity index (χ1v) is 7.41. The fourth-order valence-electron chi connectivity index (χ4n) is 1.26. The third-order valence-corrected chi connectivity index (χ3v) is 3.82. The van der Waals surface area contributed by atoms with Gasteiger partial charge in [0.2, 0.25) is 0 Å². The van der Waals surface area contributed by atoms with Crippen LogP contribution < -0.4 is 0 Å². The Hall–Kier alpha value is -0.910. The van der Waals surface area contributed by atoms with Gasteiger partial charge in [0.15, 0.2) is 5.78 Å². The second-order valence-corrected chi connectivity index (χ2v) is 5.86. The van der Waals surface area contributed by atoms with Crippen molar-refractivity contribution in [3.8, 4) is 0 Å². The molecule has 18 heavy (non-hydrogen) atoms. The second-order valence-electron chi connectivity index (χ2n) is 3.81. The summed E-state index contributed by atoms with van der Waals surface area (Å²) in [5.41, 5.74) is 0. The average molecular weight is 291 g/mol. The molecule has 0 atom stereocenters. The van der Waals surface area contributed by atoms with Crippen LogP contribution in [0.3, 0.4) is 0 Å². The first-order valence-electron chi connectivity index (χ1n) is 5.62. The van der Waals surface area contributed by atoms with E-state index in [1.165, 1.54) is 24.3 Å². The minimum Gasteiger partial charge on any atom is -0.297 e. The number of unbranched alkanes of at least 4 members (excludes halogenated alkanes) is 1. The summed E-state index contributed by atoms with van der Waals surface area (Å²) < 4.78 is 28.1. The molecule has 0 fully saturated rings. The third-order valence-electron chi connectivity index (χ3n) is 2.29. The van der Waals surface area contributed by atoms with Crippen LogP contribution in [0, 0.1) is 0 Å². The van der Waals surface area contributed by atoms with E-state index in [2.05, 4.69) is 0 Å². The van der Waals surface area contributed by atoms with Gasteiger partial charge in [-0.25, -0.2) is 0 Å². The normalized spacial score (nSPS) is 11.4. The van der Waals surface area contributed by atoms with Gasteiger partial charge in [0.1, 0.15) is 6.61 Å². The lowest BCUT2D eigenvalue weighted by Gasteiger charge is -2.05. The Bertz CT molecular complexity index is 493. The average Bonchev–Trinajstić information content (AvgIpc) is 2.34. The zero-order valence-electron chi connectivity index (χ0n) is 10.1. The van der Waals surface area contributed by atoms with Crippen LogP contribution in [0.2, 0.25) is 5.02 Å². The number of hydrogen-bond donors (Lipinski definition) is 0. The Morgan fingerprint density at radius 2 is 1.89 bits per heavy atom. The zero-order chi connectivity index (χ0) is 13.6. The fourth-order valence-corrected chi connectivity index (χ4v) is 2.28. The Labute approximate surface area is 112 Å². The molecule has 4 nitrogen and oxygen atoms in total. The molecule has 0 aliphatic heterocycles. The lowest BCUT2D eigenvalue weighted by Crippen LogP contribution is -2.14. The SMILES string of the molecule is CCCCC(=O)COS(=O)(=O)c1ccc(Cl)cc1. The van der Waals surface area contributed by atoms with Crippen molar-refractivity contribution in [3.05, 3.63) is 29.3 Å². The number of hydrogen-bond acceptors (Lipinski definition) is 4. The molecule has 100 valence electrons. The Balaban J connectivity index is 2.60. The van der Waals surface area contributed by atoms with Gasteiger partial charge in [0.05, 0.1) is 4.90 Å². The molecule has 6 heteroatoms. The maximum absolute atomic E-state index is 11.7. The number of Topliss-reactive ketones (excluding diaryl/α,β-unsaturated/α-hetero) is 1. The van der Waals surface area contributed by atoms with Crippen molar-refractivity contribution in [1.29, 1.82) is 0 Å². The molecule has 0 saturated carbocycles. The van der Waals surface area contributed by atoms with Crippen molar-refractivity contribution >= 4 is 27.5 Å². The van der Waals surface area contributed by atoms with Gasteiger partial charge in [-0.3, -0.25) is 8.98 Å². The van der Waals surface area contributed by atoms with Gasteiger partial charge in [-0.05, 0) is 30.7 Å². The molecule has 0 amide bonds. The van der Waals surface area contributed by atoms with E-state index in [-0.39, 0.29) is 10.7 Å². The molecule has 0 saturated heterocycles. The molecular weight excluding hydrogens is 276 g/mol. The standard InChI is InChI=1S/C12H15ClO4S/c1-2-3-4-11(14)9-17-18(15,16)12-7-5-10(13)6-8-12/h5-8H,2-4,9H2,1H3. The van der Waals surface area contributed by atoms with Crippen LogP contribution in [0.1, 0.15) is 26.2 Å². The van der Waals surface area contributed by atoms with E-state index in [0.717, 1.165) is 12.8 Å². The molecule has 1 aromatic rings. The van der Waals surface area contributed by atoms with Crippen molar-refractivity contribution < 1.29 is 17.4 Å². The monoisotopic (exact) mass is 290 g/mol. The highest BCUT2D eigenvalue weighted by molar-refractivity contribution is 7.86. The van der Waals surface area contributed by atoms with Gasteiger partial charge in [0, 0.05) is 11.4 Å². The highest BCUT2D eigenvalue weighted by Gasteiger charge is 2.16. The first kappa shape index (κ1) is 15.1. The molecule has 0 radical (unpaired) electrons. The molecular formula is C12H15ClO4S. The molecule has 0 aliphatic carbocycles. The van der Waals surface area contributed by atoms with Gasteiger partial charge in [-0.1, -0.05) is 24.9 Å². The van der Waals surface area contributed by atoms with Crippen molar-refractivity contribution in [3.63, 3.8) is 0 Å². The van der Waals surface area contributed by atoms with E-state index in [1.54, 1.807) is 0 Å². The highest BCUT2D eigenvalue weighted by Crippen LogP contribution is 2.16. The molecule has 1 rings (SSSR count). The van der Waals surface area contributed by atoms with Gasteiger partial charge in [-0.15, -0.1) is 0 Å². The molecule has 0 N–H and O–H groups in total. The van der Waals surface area contributed by atoms with E-state index >= 15 is 0 Å². The van der Waals surface area contributed by atoms with Crippen LogP contribution in [0.25, 0.3) is 0 Å². The topological polar surface area (TPSA) is 60.4 Å². The van der Waals surface area contributed by atoms with E-state index < -0.39 is 16.7 Å². The van der Waals surface area contributed by atoms with Gasteiger partial charge in [-0.2, -0.15) is 8.42 Å². The van der Waals surface area contributed by atoms with Crippen molar-refractivity contribution in [2.75, 3.05) is 6.61 Å². The van der Waals surface area contributed by atoms with Gasteiger partial charge < -0.3 is 0 Å². The van der Waals surface area contributed by atoms with E-state index in [9.17, 15) is 13.2 Å². The van der Waals surface area contributed by atoms with Crippen LogP contribution in [0.4, 0.5) is 0 Å². The minimum absolute atomic E-state index is 0.00445. The van der Waals surface area contributed by atoms with Crippen LogP contribution in [-0.2, 0) is 19.1 Å². The lowest BCUT2D eigenvalue weighted by atomic mass is 10.2. The number of carbonyl (C=O) groups excluding carboxylic acids is 1. The smallest absolute Gasteiger partial charge is 0.297 e. The highest BCUT2D eigenvalue weighted by atomic mass is 35.5. The molecule has 1 aromatic carbocycles. The Morgan fingerprint density at radius 1 is 1.28 bits per heavy atom. The second kappa shape index (κ2) is 6.87. The molecule has 0 spiro atoms. The number of halogens is 1. The van der Waals surface area contributed by atoms with E-state index in [0.29, 0.717) is 11.4 Å². The summed E-state index contributed by atoms with van der Waals surface area (Å²) in [7, 11) is -3.88. The minimum atomic E-state index is -3.88. The van der Waals surface area contributed by atoms with Crippen LogP contribution in [0.15, 0.2) is 29.2 Å². The van der Waals surface area contributed by atoms with Crippen molar-refractivity contribution in [1.82, 2.24) is 0 Å². The molecule has 0 aromatic heterocycles. The van der Waals surface area contributed by atoms with Crippen molar-refractivity contribution in [2.24, 2.45) is 0 Å². The number of ketones is 1. The third kappa shape index (κ3) is 4.76. The van der Waals surface area contributed by atoms with Gasteiger partial charge in [0.25, 0.3) is 10.1 Å². The largest absolute Gasteiger partial charge is 0.297 e. The Morgan fingerprint density at radius 3 is 2.44 bits per heavy atom. The fraction of sp³-hybridized carbons (Fsp3) is 0.417. The summed E-state index contributed by atoms with van der Waals surface area (Å²) in [4.78, 5) is 11.3. The molecule has 0 heterocycles. The summed E-state index contributed by atoms with van der Waals surface area (Å²) in [5, 5.41) is 0.438. The summed E-state index contributed by atoms with van der Waals surface area (Å²) in [6, 6.07) is 5.59. The van der Waals surface area contributed by atoms with E-state index in [4.69, 9.17) is 15.8 Å². The maximum Gasteiger partial charge on any atom is 0.297 e. The lowest BCUT2D eigenvalue weighted by molar-refractivity contribution is -0.121. The van der Waals surface area contributed by atoms with Crippen molar-refractivity contribution in [2.45, 2.75) is 31.1 Å². The van der Waals surface area contributed by atoms with Crippen LogP contribution >= 0.6 is 11.6 Å². The van der Waals surface area contributed by atoms with Crippen LogP contribution in [-0.4, -0.2) is 20.8 Å². The number of carbonyl (C=O) groups is 1. The first-order chi connectivity index (χ1) is 8.45. The number of benzene rings is 1. The predicted octanol–water partition coefficient (Wildman–Crippen LogP) is 2.80. The summed E-state index contributed by atoms with van der Waals surface area (Å²) in [5.74, 6) is -0.214. The predicted molar refractivity (Wildman–Crippen MR) is 69.1 cm³/mol. The summed E-state index contributed by atoms with van der Waals surface area (Å²) in [6.07, 6.45) is 1.96.